The van der Waals surface area contributed by atoms with Gasteiger partial charge in [-0.1, -0.05) is 13.8 Å². The molecule has 7 atom stereocenters. The highest BCUT2D eigenvalue weighted by molar-refractivity contribution is 5.65. The van der Waals surface area contributed by atoms with Crippen molar-refractivity contribution in [2.75, 3.05) is 26.4 Å². The van der Waals surface area contributed by atoms with Gasteiger partial charge < -0.3 is 29.4 Å². The van der Waals surface area contributed by atoms with E-state index in [4.69, 9.17) is 18.9 Å². The molecule has 6 rings (SSSR count). The molecule has 4 saturated carbocycles. The van der Waals surface area contributed by atoms with Crippen molar-refractivity contribution < 1.29 is 28.8 Å². The van der Waals surface area contributed by atoms with E-state index in [0.717, 1.165) is 51.4 Å². The van der Waals surface area contributed by atoms with Crippen LogP contribution in [-0.4, -0.2) is 55.2 Å². The molecule has 2 spiro atoms. The Labute approximate surface area is 184 Å². The fourth-order valence-corrected chi connectivity index (χ4v) is 9.16. The van der Waals surface area contributed by atoms with Crippen LogP contribution in [0.2, 0.25) is 0 Å². The fourth-order valence-electron chi connectivity index (χ4n) is 9.16. The zero-order valence-corrected chi connectivity index (χ0v) is 18.9. The van der Waals surface area contributed by atoms with E-state index in [0.29, 0.717) is 50.1 Å². The number of fused-ring (bicyclic) bond motifs is 6. The Morgan fingerprint density at radius 1 is 0.903 bits per heavy atom. The van der Waals surface area contributed by atoms with Crippen molar-refractivity contribution in [3.8, 4) is 0 Å². The number of ether oxygens (including phenoxy) is 4. The van der Waals surface area contributed by atoms with Gasteiger partial charge in [-0.25, -0.2) is 4.79 Å². The van der Waals surface area contributed by atoms with Gasteiger partial charge in [0.15, 0.2) is 11.6 Å². The van der Waals surface area contributed by atoms with Crippen molar-refractivity contribution in [1.82, 2.24) is 5.32 Å². The van der Waals surface area contributed by atoms with Crippen LogP contribution in [0, 0.1) is 34.5 Å². The second-order valence-electron chi connectivity index (χ2n) is 11.5. The lowest BCUT2D eigenvalue weighted by Crippen LogP contribution is -2.64. The number of amides is 1. The normalized spacial score (nSPS) is 49.5. The molecule has 2 aliphatic heterocycles. The molecule has 0 bridgehead atoms. The van der Waals surface area contributed by atoms with Gasteiger partial charge in [0.2, 0.25) is 0 Å². The van der Waals surface area contributed by atoms with E-state index >= 15 is 0 Å². The minimum atomic E-state index is -0.903. The SMILES string of the molecule is C[C@]12CCC3(CC1C[C@@H](NC(=O)O)C1C2CC[C@@]2(C)C1CCC21OCCO1)OCCO3. The molecule has 7 nitrogen and oxygen atoms in total. The van der Waals surface area contributed by atoms with Gasteiger partial charge in [0.05, 0.1) is 26.4 Å². The lowest BCUT2D eigenvalue weighted by atomic mass is 9.43. The summed E-state index contributed by atoms with van der Waals surface area (Å²) in [7, 11) is 0. The minimum Gasteiger partial charge on any atom is -0.465 e. The van der Waals surface area contributed by atoms with E-state index in [2.05, 4.69) is 19.2 Å². The molecule has 2 N–H and O–H groups in total. The molecule has 0 radical (unpaired) electrons. The second-order valence-corrected chi connectivity index (χ2v) is 11.5. The lowest BCUT2D eigenvalue weighted by molar-refractivity contribution is -0.260. The van der Waals surface area contributed by atoms with Crippen molar-refractivity contribution in [2.24, 2.45) is 34.5 Å². The average Bonchev–Trinajstić information content (AvgIpc) is 3.45. The molecule has 2 heterocycles. The first-order valence-corrected chi connectivity index (χ1v) is 12.4. The van der Waals surface area contributed by atoms with E-state index in [1.165, 1.54) is 0 Å². The van der Waals surface area contributed by atoms with Gasteiger partial charge in [-0.05, 0) is 61.2 Å². The number of carbonyl (C=O) groups is 1. The molecular formula is C24H37NO6. The van der Waals surface area contributed by atoms with Gasteiger partial charge in [-0.3, -0.25) is 0 Å². The molecule has 4 aliphatic carbocycles. The summed E-state index contributed by atoms with van der Waals surface area (Å²) in [5.74, 6) is 0.789. The van der Waals surface area contributed by atoms with E-state index < -0.39 is 17.7 Å². The second kappa shape index (κ2) is 6.81. The molecule has 0 aromatic carbocycles. The van der Waals surface area contributed by atoms with Crippen LogP contribution in [0.4, 0.5) is 4.79 Å². The first-order chi connectivity index (χ1) is 14.8. The first kappa shape index (κ1) is 20.7. The molecule has 0 aromatic rings. The highest BCUT2D eigenvalue weighted by atomic mass is 16.7. The van der Waals surface area contributed by atoms with Crippen LogP contribution in [0.15, 0.2) is 0 Å². The van der Waals surface area contributed by atoms with Crippen LogP contribution < -0.4 is 5.32 Å². The largest absolute Gasteiger partial charge is 0.465 e. The van der Waals surface area contributed by atoms with Crippen molar-refractivity contribution >= 4 is 6.09 Å². The summed E-state index contributed by atoms with van der Waals surface area (Å²) in [6.07, 6.45) is 7.12. The van der Waals surface area contributed by atoms with Gasteiger partial charge in [-0.2, -0.15) is 0 Å². The zero-order chi connectivity index (χ0) is 21.5. The van der Waals surface area contributed by atoms with E-state index in [1.54, 1.807) is 0 Å². The Kier molecular flexibility index (Phi) is 4.55. The molecule has 7 heteroatoms. The number of rotatable bonds is 1. The highest BCUT2D eigenvalue weighted by Crippen LogP contribution is 2.70. The number of hydrogen-bond acceptors (Lipinski definition) is 5. The third-order valence-electron chi connectivity index (χ3n) is 10.6. The van der Waals surface area contributed by atoms with Crippen LogP contribution in [0.5, 0.6) is 0 Å². The van der Waals surface area contributed by atoms with Crippen LogP contribution in [0.25, 0.3) is 0 Å². The van der Waals surface area contributed by atoms with Crippen molar-refractivity contribution in [1.29, 1.82) is 0 Å². The maximum Gasteiger partial charge on any atom is 0.404 e. The quantitative estimate of drug-likeness (QED) is 0.652. The number of nitrogens with one attached hydrogen (secondary N) is 1. The maximum atomic E-state index is 11.8. The van der Waals surface area contributed by atoms with Gasteiger partial charge in [0, 0.05) is 30.7 Å². The number of carboxylic acid groups (broad SMARTS) is 1. The van der Waals surface area contributed by atoms with Crippen molar-refractivity contribution in [3.63, 3.8) is 0 Å². The average molecular weight is 436 g/mol. The summed E-state index contributed by atoms with van der Waals surface area (Å²) in [5, 5.41) is 12.7. The van der Waals surface area contributed by atoms with Crippen molar-refractivity contribution in [2.45, 2.75) is 82.8 Å². The first-order valence-electron chi connectivity index (χ1n) is 12.4. The molecule has 4 unspecified atom stereocenters. The van der Waals surface area contributed by atoms with Crippen LogP contribution in [-0.2, 0) is 18.9 Å². The maximum absolute atomic E-state index is 11.8. The molecule has 6 fully saturated rings. The summed E-state index contributed by atoms with van der Waals surface area (Å²) >= 11 is 0. The van der Waals surface area contributed by atoms with E-state index in [-0.39, 0.29) is 16.9 Å². The Morgan fingerprint density at radius 2 is 1.58 bits per heavy atom. The summed E-state index contributed by atoms with van der Waals surface area (Å²) in [6.45, 7) is 7.53. The lowest BCUT2D eigenvalue weighted by Gasteiger charge is -2.64. The molecule has 174 valence electrons. The Morgan fingerprint density at radius 3 is 2.29 bits per heavy atom. The van der Waals surface area contributed by atoms with Gasteiger partial charge >= 0.3 is 6.09 Å². The van der Waals surface area contributed by atoms with Crippen molar-refractivity contribution in [3.05, 3.63) is 0 Å². The third-order valence-corrected chi connectivity index (χ3v) is 10.6. The minimum absolute atomic E-state index is 0.0293. The summed E-state index contributed by atoms with van der Waals surface area (Å²) in [6, 6.07) is -0.0293. The van der Waals surface area contributed by atoms with E-state index in [9.17, 15) is 9.90 Å². The summed E-state index contributed by atoms with van der Waals surface area (Å²) in [4.78, 5) is 11.8. The van der Waals surface area contributed by atoms with Gasteiger partial charge in [-0.15, -0.1) is 0 Å². The molecule has 0 aromatic heterocycles. The third kappa shape index (κ3) is 2.76. The van der Waals surface area contributed by atoms with Crippen LogP contribution in [0.3, 0.4) is 0 Å². The molecular weight excluding hydrogens is 398 g/mol. The molecule has 6 aliphatic rings. The Bertz CT molecular complexity index is 746. The van der Waals surface area contributed by atoms with Crippen LogP contribution in [0.1, 0.15) is 65.2 Å². The standard InChI is InChI=1S/C24H37NO6/c1-21-7-8-23(28-9-10-29-23)14-15(21)13-18(25-20(26)27)19-16(21)3-5-22(2)17(19)4-6-24(22)30-11-12-31-24/h15-19,25H,3-14H2,1-2H3,(H,26,27)/t15?,16?,17?,18-,19?,21+,22+/m1/s1. The number of hydrogen-bond donors (Lipinski definition) is 2. The molecule has 2 saturated heterocycles. The fraction of sp³-hybridized carbons (Fsp3) is 0.958. The Hall–Kier alpha value is -0.890. The monoisotopic (exact) mass is 435 g/mol. The molecule has 1 amide bonds. The highest BCUT2D eigenvalue weighted by Gasteiger charge is 2.69. The van der Waals surface area contributed by atoms with Gasteiger partial charge in [0.25, 0.3) is 0 Å². The van der Waals surface area contributed by atoms with Gasteiger partial charge in [0.1, 0.15) is 0 Å². The predicted octanol–water partition coefficient (Wildman–Crippen LogP) is 3.76. The molecule has 31 heavy (non-hydrogen) atoms. The zero-order valence-electron chi connectivity index (χ0n) is 18.9. The Balaban J connectivity index is 1.35. The van der Waals surface area contributed by atoms with E-state index in [1.807, 2.05) is 0 Å². The van der Waals surface area contributed by atoms with Crippen LogP contribution >= 0.6 is 0 Å². The summed E-state index contributed by atoms with van der Waals surface area (Å²) < 4.78 is 24.7. The predicted molar refractivity (Wildman–Crippen MR) is 111 cm³/mol. The smallest absolute Gasteiger partial charge is 0.404 e. The summed E-state index contributed by atoms with van der Waals surface area (Å²) in [5.41, 5.74) is 0.163. The topological polar surface area (TPSA) is 86.3 Å².